The van der Waals surface area contributed by atoms with Crippen LogP contribution in [-0.2, 0) is 4.74 Å². The third-order valence-corrected chi connectivity index (χ3v) is 3.51. The smallest absolute Gasteiger partial charge is 0.0674 e. The summed E-state index contributed by atoms with van der Waals surface area (Å²) in [6.45, 7) is 10.3. The fraction of sp³-hybridized carbons (Fsp3) is 1.00. The van der Waals surface area contributed by atoms with Crippen molar-refractivity contribution >= 4 is 0 Å². The van der Waals surface area contributed by atoms with Crippen LogP contribution in [0.1, 0.15) is 34.1 Å². The van der Waals surface area contributed by atoms with Crippen molar-refractivity contribution in [3.8, 4) is 0 Å². The highest BCUT2D eigenvalue weighted by Crippen LogP contribution is 2.19. The van der Waals surface area contributed by atoms with Crippen LogP contribution in [0.5, 0.6) is 0 Å². The van der Waals surface area contributed by atoms with E-state index in [0.717, 1.165) is 19.6 Å². The fourth-order valence-electron chi connectivity index (χ4n) is 2.58. The van der Waals surface area contributed by atoms with E-state index in [-0.39, 0.29) is 24.8 Å². The minimum atomic E-state index is 0.0350. The average Bonchev–Trinajstić information content (AvgIpc) is 2.23. The lowest BCUT2D eigenvalue weighted by Crippen LogP contribution is -2.59. The number of morpholine rings is 1. The molecular formula is C13H28N2O2. The van der Waals surface area contributed by atoms with E-state index in [2.05, 4.69) is 32.6 Å². The lowest BCUT2D eigenvalue weighted by Gasteiger charge is -2.43. The number of hydrogen-bond acceptors (Lipinski definition) is 4. The fourth-order valence-corrected chi connectivity index (χ4v) is 2.58. The van der Waals surface area contributed by atoms with Crippen molar-refractivity contribution in [3.05, 3.63) is 0 Å². The second-order valence-electron chi connectivity index (χ2n) is 5.73. The molecule has 0 aromatic heterocycles. The van der Waals surface area contributed by atoms with Gasteiger partial charge in [0.2, 0.25) is 0 Å². The van der Waals surface area contributed by atoms with Crippen molar-refractivity contribution in [2.45, 2.75) is 58.3 Å². The number of hydrogen-bond donors (Lipinski definition) is 2. The molecule has 0 aromatic rings. The second kappa shape index (κ2) is 6.69. The monoisotopic (exact) mass is 244 g/mol. The molecule has 0 saturated carbocycles. The van der Waals surface area contributed by atoms with Gasteiger partial charge in [0, 0.05) is 24.7 Å². The van der Waals surface area contributed by atoms with Crippen molar-refractivity contribution < 1.29 is 9.84 Å². The summed E-state index contributed by atoms with van der Waals surface area (Å²) in [5, 5.41) is 9.60. The number of aliphatic hydroxyl groups excluding tert-OH is 1. The topological polar surface area (TPSA) is 58.7 Å². The minimum absolute atomic E-state index is 0.0350. The van der Waals surface area contributed by atoms with E-state index in [1.165, 1.54) is 0 Å². The van der Waals surface area contributed by atoms with Crippen molar-refractivity contribution in [1.29, 1.82) is 0 Å². The Kier molecular flexibility index (Phi) is 5.86. The first kappa shape index (κ1) is 14.9. The standard InChI is InChI=1S/C13H28N2O2/c1-9(2)5-12(14)13(7-16)15-6-11(4)17-8-10(15)3/h9-13,16H,5-8,14H2,1-4H3. The molecule has 17 heavy (non-hydrogen) atoms. The Labute approximate surface area is 105 Å². The maximum atomic E-state index is 9.60. The summed E-state index contributed by atoms with van der Waals surface area (Å²) >= 11 is 0. The summed E-state index contributed by atoms with van der Waals surface area (Å²) in [4.78, 5) is 2.31. The molecule has 4 heteroatoms. The maximum Gasteiger partial charge on any atom is 0.0674 e. The van der Waals surface area contributed by atoms with Crippen molar-refractivity contribution in [2.75, 3.05) is 19.8 Å². The van der Waals surface area contributed by atoms with E-state index < -0.39 is 0 Å². The predicted octanol–water partition coefficient (Wildman–Crippen LogP) is 0.830. The average molecular weight is 244 g/mol. The first-order valence-corrected chi connectivity index (χ1v) is 6.69. The van der Waals surface area contributed by atoms with Crippen LogP contribution < -0.4 is 5.73 Å². The Bertz CT molecular complexity index is 223. The van der Waals surface area contributed by atoms with E-state index in [4.69, 9.17) is 10.5 Å². The van der Waals surface area contributed by atoms with Crippen LogP contribution in [0.25, 0.3) is 0 Å². The highest BCUT2D eigenvalue weighted by Gasteiger charge is 2.32. The van der Waals surface area contributed by atoms with Crippen molar-refractivity contribution in [3.63, 3.8) is 0 Å². The van der Waals surface area contributed by atoms with Crippen LogP contribution in [0, 0.1) is 5.92 Å². The third kappa shape index (κ3) is 4.21. The first-order chi connectivity index (χ1) is 7.95. The quantitative estimate of drug-likeness (QED) is 0.752. The molecule has 1 aliphatic rings. The molecule has 0 bridgehead atoms. The lowest BCUT2D eigenvalue weighted by atomic mass is 9.96. The number of nitrogens with two attached hydrogens (primary N) is 1. The van der Waals surface area contributed by atoms with E-state index >= 15 is 0 Å². The Morgan fingerprint density at radius 3 is 2.59 bits per heavy atom. The molecule has 1 fully saturated rings. The number of nitrogens with zero attached hydrogens (tertiary/aromatic N) is 1. The van der Waals surface area contributed by atoms with Crippen LogP contribution in [0.2, 0.25) is 0 Å². The highest BCUT2D eigenvalue weighted by atomic mass is 16.5. The molecular weight excluding hydrogens is 216 g/mol. The van der Waals surface area contributed by atoms with E-state index in [9.17, 15) is 5.11 Å². The van der Waals surface area contributed by atoms with E-state index in [1.54, 1.807) is 0 Å². The molecule has 102 valence electrons. The molecule has 1 saturated heterocycles. The zero-order valence-electron chi connectivity index (χ0n) is 11.6. The second-order valence-corrected chi connectivity index (χ2v) is 5.73. The van der Waals surface area contributed by atoms with Gasteiger partial charge in [-0.15, -0.1) is 0 Å². The van der Waals surface area contributed by atoms with Crippen molar-refractivity contribution in [1.82, 2.24) is 4.90 Å². The molecule has 4 nitrogen and oxygen atoms in total. The predicted molar refractivity (Wildman–Crippen MR) is 69.9 cm³/mol. The third-order valence-electron chi connectivity index (χ3n) is 3.51. The number of aliphatic hydroxyl groups is 1. The van der Waals surface area contributed by atoms with Crippen LogP contribution >= 0.6 is 0 Å². The molecule has 0 spiro atoms. The Hall–Kier alpha value is -0.160. The van der Waals surface area contributed by atoms with Gasteiger partial charge in [0.1, 0.15) is 0 Å². The molecule has 0 aromatic carbocycles. The molecule has 1 rings (SSSR count). The lowest BCUT2D eigenvalue weighted by molar-refractivity contribution is -0.0782. The van der Waals surface area contributed by atoms with Crippen molar-refractivity contribution in [2.24, 2.45) is 11.7 Å². The Morgan fingerprint density at radius 1 is 1.41 bits per heavy atom. The summed E-state index contributed by atoms with van der Waals surface area (Å²) in [6, 6.07) is 0.424. The zero-order chi connectivity index (χ0) is 13.0. The van der Waals surface area contributed by atoms with Gasteiger partial charge >= 0.3 is 0 Å². The number of ether oxygens (including phenoxy) is 1. The first-order valence-electron chi connectivity index (χ1n) is 6.69. The SMILES string of the molecule is CC(C)CC(N)C(CO)N1CC(C)OCC1C. The Morgan fingerprint density at radius 2 is 2.06 bits per heavy atom. The molecule has 1 heterocycles. The number of rotatable bonds is 5. The van der Waals surface area contributed by atoms with Gasteiger partial charge in [-0.2, -0.15) is 0 Å². The summed E-state index contributed by atoms with van der Waals surface area (Å²) < 4.78 is 5.61. The van der Waals surface area contributed by atoms with E-state index in [0.29, 0.717) is 12.0 Å². The summed E-state index contributed by atoms with van der Waals surface area (Å²) in [5.41, 5.74) is 6.23. The summed E-state index contributed by atoms with van der Waals surface area (Å²) in [5.74, 6) is 0.563. The van der Waals surface area contributed by atoms with Gasteiger partial charge in [-0.1, -0.05) is 13.8 Å². The van der Waals surface area contributed by atoms with Crippen LogP contribution in [0.3, 0.4) is 0 Å². The maximum absolute atomic E-state index is 9.60. The molecule has 4 atom stereocenters. The van der Waals surface area contributed by atoms with Crippen LogP contribution in [0.4, 0.5) is 0 Å². The van der Waals surface area contributed by atoms with Crippen LogP contribution in [0.15, 0.2) is 0 Å². The van der Waals surface area contributed by atoms with Crippen LogP contribution in [-0.4, -0.2) is 54.0 Å². The summed E-state index contributed by atoms with van der Waals surface area (Å²) in [6.07, 6.45) is 1.18. The van der Waals surface area contributed by atoms with Gasteiger partial charge in [0.25, 0.3) is 0 Å². The van der Waals surface area contributed by atoms with Gasteiger partial charge in [0.05, 0.1) is 19.3 Å². The summed E-state index contributed by atoms with van der Waals surface area (Å²) in [7, 11) is 0. The molecule has 1 aliphatic heterocycles. The molecule has 4 unspecified atom stereocenters. The van der Waals surface area contributed by atoms with Gasteiger partial charge in [0.15, 0.2) is 0 Å². The minimum Gasteiger partial charge on any atom is -0.395 e. The highest BCUT2D eigenvalue weighted by molar-refractivity contribution is 4.88. The van der Waals surface area contributed by atoms with E-state index in [1.807, 2.05) is 0 Å². The molecule has 0 radical (unpaired) electrons. The Balaban J connectivity index is 2.64. The zero-order valence-corrected chi connectivity index (χ0v) is 11.6. The van der Waals surface area contributed by atoms with Gasteiger partial charge < -0.3 is 15.6 Å². The largest absolute Gasteiger partial charge is 0.395 e. The molecule has 3 N–H and O–H groups in total. The molecule has 0 amide bonds. The van der Waals surface area contributed by atoms with Gasteiger partial charge in [-0.25, -0.2) is 0 Å². The van der Waals surface area contributed by atoms with Gasteiger partial charge in [-0.3, -0.25) is 4.90 Å². The normalized spacial score (nSPS) is 30.5. The molecule has 0 aliphatic carbocycles. The van der Waals surface area contributed by atoms with Gasteiger partial charge in [-0.05, 0) is 26.2 Å².